The molecule has 0 radical (unpaired) electrons. The molecule has 0 atom stereocenters. The van der Waals surface area contributed by atoms with Crippen LogP contribution in [0.3, 0.4) is 0 Å². The molecule has 0 bridgehead atoms. The Balaban J connectivity index is 1.45. The lowest BCUT2D eigenvalue weighted by Gasteiger charge is -2.10. The zero-order valence-corrected chi connectivity index (χ0v) is 20.1. The van der Waals surface area contributed by atoms with Crippen molar-refractivity contribution in [3.63, 3.8) is 0 Å². The SMILES string of the molecule is O=C(CSc1nnc(-c2ccccc2)n1-c1ccc(Cl)cc1)N/N=C\C(Cl)=C/c1ccccc1. The molecule has 170 valence electrons. The van der Waals surface area contributed by atoms with Gasteiger partial charge in [-0.25, -0.2) is 5.43 Å². The van der Waals surface area contributed by atoms with Gasteiger partial charge in [0, 0.05) is 16.3 Å². The Morgan fingerprint density at radius 3 is 2.35 bits per heavy atom. The summed E-state index contributed by atoms with van der Waals surface area (Å²) in [6, 6.07) is 26.7. The lowest BCUT2D eigenvalue weighted by atomic mass is 10.2. The quantitative estimate of drug-likeness (QED) is 0.178. The third kappa shape index (κ3) is 6.35. The van der Waals surface area contributed by atoms with Crippen molar-refractivity contribution in [3.05, 3.63) is 101 Å². The van der Waals surface area contributed by atoms with Crippen LogP contribution in [0.1, 0.15) is 5.56 Å². The zero-order valence-electron chi connectivity index (χ0n) is 17.8. The molecule has 1 aromatic heterocycles. The van der Waals surface area contributed by atoms with Gasteiger partial charge in [-0.1, -0.05) is 95.6 Å². The number of halogens is 2. The van der Waals surface area contributed by atoms with Crippen molar-refractivity contribution in [2.75, 3.05) is 5.75 Å². The van der Waals surface area contributed by atoms with Crippen LogP contribution in [0.4, 0.5) is 0 Å². The van der Waals surface area contributed by atoms with Gasteiger partial charge in [0.2, 0.25) is 0 Å². The second-order valence-electron chi connectivity index (χ2n) is 7.01. The number of thioether (sulfide) groups is 1. The standard InChI is InChI=1S/C25H19Cl2N5OS/c26-20-11-13-22(14-12-20)32-24(19-9-5-2-6-10-19)30-31-25(32)34-17-23(33)29-28-16-21(27)15-18-7-3-1-4-8-18/h1-16H,17H2,(H,29,33)/b21-15+,28-16-. The minimum atomic E-state index is -0.294. The van der Waals surface area contributed by atoms with Crippen molar-refractivity contribution in [1.29, 1.82) is 0 Å². The number of rotatable bonds is 8. The van der Waals surface area contributed by atoms with Gasteiger partial charge in [-0.2, -0.15) is 5.10 Å². The highest BCUT2D eigenvalue weighted by molar-refractivity contribution is 7.99. The molecular formula is C25H19Cl2N5OS. The number of nitrogens with one attached hydrogen (secondary N) is 1. The Bertz CT molecular complexity index is 1310. The molecule has 0 saturated heterocycles. The number of carbonyl (C=O) groups is 1. The number of benzene rings is 3. The molecule has 1 amide bonds. The van der Waals surface area contributed by atoms with E-state index in [0.717, 1.165) is 16.8 Å². The molecule has 34 heavy (non-hydrogen) atoms. The topological polar surface area (TPSA) is 72.2 Å². The normalized spacial score (nSPS) is 11.6. The van der Waals surface area contributed by atoms with Gasteiger partial charge < -0.3 is 0 Å². The highest BCUT2D eigenvalue weighted by atomic mass is 35.5. The predicted molar refractivity (Wildman–Crippen MR) is 139 cm³/mol. The second-order valence-corrected chi connectivity index (χ2v) is 8.82. The van der Waals surface area contributed by atoms with E-state index in [1.807, 2.05) is 77.4 Å². The molecule has 1 heterocycles. The molecule has 0 aliphatic rings. The predicted octanol–water partition coefficient (Wildman–Crippen LogP) is 6.06. The van der Waals surface area contributed by atoms with Crippen molar-refractivity contribution >= 4 is 53.2 Å². The maximum Gasteiger partial charge on any atom is 0.250 e. The maximum absolute atomic E-state index is 12.3. The van der Waals surface area contributed by atoms with E-state index in [9.17, 15) is 4.79 Å². The van der Waals surface area contributed by atoms with Crippen LogP contribution in [0, 0.1) is 0 Å². The summed E-state index contributed by atoms with van der Waals surface area (Å²) in [6.45, 7) is 0. The van der Waals surface area contributed by atoms with E-state index in [0.29, 0.717) is 21.0 Å². The van der Waals surface area contributed by atoms with E-state index in [2.05, 4.69) is 20.7 Å². The Hall–Kier alpha value is -3.39. The summed E-state index contributed by atoms with van der Waals surface area (Å²) in [7, 11) is 0. The molecule has 0 saturated carbocycles. The maximum atomic E-state index is 12.3. The number of allylic oxidation sites excluding steroid dienone is 1. The lowest BCUT2D eigenvalue weighted by Crippen LogP contribution is -2.19. The van der Waals surface area contributed by atoms with Crippen molar-refractivity contribution in [2.45, 2.75) is 5.16 Å². The van der Waals surface area contributed by atoms with Crippen LogP contribution in [-0.2, 0) is 4.79 Å². The first-order chi connectivity index (χ1) is 16.6. The van der Waals surface area contributed by atoms with Crippen LogP contribution in [0.2, 0.25) is 5.02 Å². The minimum Gasteiger partial charge on any atom is -0.272 e. The molecule has 0 aliphatic heterocycles. The van der Waals surface area contributed by atoms with Gasteiger partial charge >= 0.3 is 0 Å². The fraction of sp³-hybridized carbons (Fsp3) is 0.0400. The Labute approximate surface area is 211 Å². The average molecular weight is 508 g/mol. The van der Waals surface area contributed by atoms with Crippen LogP contribution in [-0.4, -0.2) is 32.6 Å². The second kappa shape index (κ2) is 11.7. The van der Waals surface area contributed by atoms with Crippen LogP contribution < -0.4 is 5.43 Å². The number of aromatic nitrogens is 3. The Morgan fingerprint density at radius 2 is 1.65 bits per heavy atom. The van der Waals surface area contributed by atoms with Crippen LogP contribution in [0.15, 0.2) is 100 Å². The summed E-state index contributed by atoms with van der Waals surface area (Å²) >= 11 is 13.5. The first-order valence-corrected chi connectivity index (χ1v) is 12.0. The van der Waals surface area contributed by atoms with Gasteiger partial charge in [0.05, 0.1) is 17.0 Å². The van der Waals surface area contributed by atoms with Gasteiger partial charge in [0.1, 0.15) is 0 Å². The molecule has 4 aromatic rings. The number of carbonyl (C=O) groups excluding carboxylic acids is 1. The van der Waals surface area contributed by atoms with E-state index in [1.54, 1.807) is 18.2 Å². The number of hydrazone groups is 1. The first kappa shape index (κ1) is 23.8. The molecule has 0 aliphatic carbocycles. The molecule has 6 nitrogen and oxygen atoms in total. The van der Waals surface area contributed by atoms with E-state index < -0.39 is 0 Å². The Morgan fingerprint density at radius 1 is 0.971 bits per heavy atom. The third-order valence-electron chi connectivity index (χ3n) is 4.56. The molecule has 4 rings (SSSR count). The smallest absolute Gasteiger partial charge is 0.250 e. The Kier molecular flexibility index (Phi) is 8.14. The first-order valence-electron chi connectivity index (χ1n) is 10.2. The number of hydrogen-bond acceptors (Lipinski definition) is 5. The van der Waals surface area contributed by atoms with E-state index in [1.165, 1.54) is 18.0 Å². The molecule has 3 aromatic carbocycles. The summed E-state index contributed by atoms with van der Waals surface area (Å²) in [4.78, 5) is 12.3. The zero-order chi connectivity index (χ0) is 23.8. The van der Waals surface area contributed by atoms with Gasteiger partial charge in [-0.3, -0.25) is 9.36 Å². The lowest BCUT2D eigenvalue weighted by molar-refractivity contribution is -0.118. The summed E-state index contributed by atoms with van der Waals surface area (Å²) in [5.74, 6) is 0.469. The number of nitrogens with zero attached hydrogens (tertiary/aromatic N) is 4. The largest absolute Gasteiger partial charge is 0.272 e. The van der Waals surface area contributed by atoms with Gasteiger partial charge in [-0.05, 0) is 35.9 Å². The van der Waals surface area contributed by atoms with E-state index >= 15 is 0 Å². The molecular weight excluding hydrogens is 489 g/mol. The third-order valence-corrected chi connectivity index (χ3v) is 5.95. The van der Waals surface area contributed by atoms with E-state index in [-0.39, 0.29) is 11.7 Å². The minimum absolute atomic E-state index is 0.0951. The number of amides is 1. The van der Waals surface area contributed by atoms with Gasteiger partial charge in [0.25, 0.3) is 5.91 Å². The molecule has 0 spiro atoms. The number of hydrogen-bond donors (Lipinski definition) is 1. The van der Waals surface area contributed by atoms with Gasteiger partial charge in [-0.15, -0.1) is 10.2 Å². The van der Waals surface area contributed by atoms with Crippen LogP contribution in [0.5, 0.6) is 0 Å². The molecule has 9 heteroatoms. The summed E-state index contributed by atoms with van der Waals surface area (Å²) in [5.41, 5.74) is 5.17. The summed E-state index contributed by atoms with van der Waals surface area (Å²) in [6.07, 6.45) is 3.15. The molecule has 0 unspecified atom stereocenters. The fourth-order valence-electron chi connectivity index (χ4n) is 3.03. The van der Waals surface area contributed by atoms with Crippen molar-refractivity contribution in [1.82, 2.24) is 20.2 Å². The highest BCUT2D eigenvalue weighted by Crippen LogP contribution is 2.28. The fourth-order valence-corrected chi connectivity index (χ4v) is 4.08. The summed E-state index contributed by atoms with van der Waals surface area (Å²) in [5, 5.41) is 14.2. The molecule has 0 fully saturated rings. The average Bonchev–Trinajstić information content (AvgIpc) is 3.28. The highest BCUT2D eigenvalue weighted by Gasteiger charge is 2.17. The molecule has 1 N–H and O–H groups in total. The summed E-state index contributed by atoms with van der Waals surface area (Å²) < 4.78 is 1.90. The van der Waals surface area contributed by atoms with Crippen LogP contribution in [0.25, 0.3) is 23.2 Å². The van der Waals surface area contributed by atoms with Crippen molar-refractivity contribution in [2.24, 2.45) is 5.10 Å². The van der Waals surface area contributed by atoms with Crippen LogP contribution >= 0.6 is 35.0 Å². The van der Waals surface area contributed by atoms with Crippen molar-refractivity contribution in [3.8, 4) is 17.1 Å². The monoisotopic (exact) mass is 507 g/mol. The van der Waals surface area contributed by atoms with E-state index in [4.69, 9.17) is 23.2 Å². The van der Waals surface area contributed by atoms with Crippen molar-refractivity contribution < 1.29 is 4.79 Å². The van der Waals surface area contributed by atoms with Gasteiger partial charge in [0.15, 0.2) is 11.0 Å².